The number of ether oxygens (including phenoxy) is 1. The monoisotopic (exact) mass is 468 g/mol. The van der Waals surface area contributed by atoms with E-state index in [4.69, 9.17) is 20.9 Å². The molecule has 2 N–H and O–H groups in total. The number of halogens is 1. The third-order valence-corrected chi connectivity index (χ3v) is 5.96. The Balaban J connectivity index is 1.51. The summed E-state index contributed by atoms with van der Waals surface area (Å²) in [7, 11) is 1.61. The maximum Gasteiger partial charge on any atom is 0.319 e. The van der Waals surface area contributed by atoms with Gasteiger partial charge in [0.1, 0.15) is 11.5 Å². The molecular formula is C24H25ClN4O4. The predicted molar refractivity (Wildman–Crippen MR) is 125 cm³/mol. The zero-order chi connectivity index (χ0) is 23.4. The summed E-state index contributed by atoms with van der Waals surface area (Å²) in [6, 6.07) is 15.7. The van der Waals surface area contributed by atoms with E-state index in [-0.39, 0.29) is 29.6 Å². The van der Waals surface area contributed by atoms with Crippen molar-refractivity contribution in [3.05, 3.63) is 76.6 Å². The predicted octanol–water partition coefficient (Wildman–Crippen LogP) is 4.47. The largest absolute Gasteiger partial charge is 0.497 e. The molecule has 8 nitrogen and oxygen atoms in total. The van der Waals surface area contributed by atoms with E-state index in [0.717, 1.165) is 11.3 Å². The first kappa shape index (κ1) is 22.7. The molecule has 1 saturated heterocycles. The molecule has 1 aromatic heterocycles. The number of carbonyl (C=O) groups is 2. The average Bonchev–Trinajstić information content (AvgIpc) is 3.26. The molecule has 1 aliphatic rings. The topological polar surface area (TPSA) is 96.7 Å². The van der Waals surface area contributed by atoms with E-state index < -0.39 is 0 Å². The molecule has 2 atom stereocenters. The first-order valence-electron chi connectivity index (χ1n) is 10.6. The third kappa shape index (κ3) is 5.46. The van der Waals surface area contributed by atoms with Crippen molar-refractivity contribution in [1.82, 2.24) is 15.4 Å². The molecule has 1 aliphatic heterocycles. The van der Waals surface area contributed by atoms with Crippen LogP contribution in [0.15, 0.2) is 59.1 Å². The molecule has 2 aromatic carbocycles. The highest BCUT2D eigenvalue weighted by molar-refractivity contribution is 6.30. The third-order valence-electron chi connectivity index (χ3n) is 5.71. The lowest BCUT2D eigenvalue weighted by molar-refractivity contribution is 0.0675. The van der Waals surface area contributed by atoms with Gasteiger partial charge in [-0.15, -0.1) is 0 Å². The Morgan fingerprint density at radius 3 is 2.52 bits per heavy atom. The van der Waals surface area contributed by atoms with Gasteiger partial charge in [-0.1, -0.05) is 28.9 Å². The van der Waals surface area contributed by atoms with Crippen LogP contribution >= 0.6 is 11.6 Å². The van der Waals surface area contributed by atoms with E-state index >= 15 is 0 Å². The average molecular weight is 469 g/mol. The van der Waals surface area contributed by atoms with E-state index in [1.807, 2.05) is 24.3 Å². The molecule has 0 aliphatic carbocycles. The molecule has 0 saturated carbocycles. The normalized spacial score (nSPS) is 18.0. The minimum Gasteiger partial charge on any atom is -0.497 e. The fourth-order valence-corrected chi connectivity index (χ4v) is 4.12. The maximum atomic E-state index is 13.0. The van der Waals surface area contributed by atoms with E-state index in [9.17, 15) is 9.59 Å². The SMILES string of the molecule is COc1ccc(C2CN(C(=O)c3cc(C)on3)CC[C@H]2NC(=O)Nc2ccc(Cl)cc2)cc1. The number of hydrogen-bond acceptors (Lipinski definition) is 5. The molecular weight excluding hydrogens is 444 g/mol. The second-order valence-electron chi connectivity index (χ2n) is 7.95. The summed E-state index contributed by atoms with van der Waals surface area (Å²) in [5.74, 6) is 1.03. The van der Waals surface area contributed by atoms with Crippen LogP contribution in [-0.4, -0.2) is 48.2 Å². The Morgan fingerprint density at radius 1 is 1.15 bits per heavy atom. The summed E-state index contributed by atoms with van der Waals surface area (Å²) in [4.78, 5) is 27.4. The second kappa shape index (κ2) is 9.95. The quantitative estimate of drug-likeness (QED) is 0.576. The molecule has 1 fully saturated rings. The van der Waals surface area contributed by atoms with Crippen LogP contribution in [0.5, 0.6) is 5.75 Å². The van der Waals surface area contributed by atoms with Gasteiger partial charge in [0, 0.05) is 41.8 Å². The Labute approximate surface area is 196 Å². The smallest absolute Gasteiger partial charge is 0.319 e. The Morgan fingerprint density at radius 2 is 1.88 bits per heavy atom. The first-order valence-corrected chi connectivity index (χ1v) is 11.0. The van der Waals surface area contributed by atoms with Crippen molar-refractivity contribution in [3.8, 4) is 5.75 Å². The molecule has 33 heavy (non-hydrogen) atoms. The van der Waals surface area contributed by atoms with Crippen LogP contribution in [0.25, 0.3) is 0 Å². The van der Waals surface area contributed by atoms with E-state index in [1.165, 1.54) is 0 Å². The Hall–Kier alpha value is -3.52. The van der Waals surface area contributed by atoms with Crippen LogP contribution in [0.3, 0.4) is 0 Å². The lowest BCUT2D eigenvalue weighted by Crippen LogP contribution is -2.52. The van der Waals surface area contributed by atoms with Crippen LogP contribution in [0.2, 0.25) is 5.02 Å². The molecule has 0 bridgehead atoms. The molecule has 3 aromatic rings. The highest BCUT2D eigenvalue weighted by atomic mass is 35.5. The molecule has 172 valence electrons. The number of likely N-dealkylation sites (tertiary alicyclic amines) is 1. The molecule has 2 heterocycles. The van der Waals surface area contributed by atoms with Gasteiger partial charge in [0.15, 0.2) is 5.69 Å². The van der Waals surface area contributed by atoms with Gasteiger partial charge in [0.05, 0.1) is 7.11 Å². The lowest BCUT2D eigenvalue weighted by Gasteiger charge is -2.39. The molecule has 0 radical (unpaired) electrons. The molecule has 3 amide bonds. The summed E-state index contributed by atoms with van der Waals surface area (Å²) in [6.45, 7) is 2.67. The van der Waals surface area contributed by atoms with E-state index in [0.29, 0.717) is 36.0 Å². The number of amides is 3. The number of aryl methyl sites for hydroxylation is 1. The van der Waals surface area contributed by atoms with Gasteiger partial charge in [0.25, 0.3) is 5.91 Å². The van der Waals surface area contributed by atoms with Gasteiger partial charge in [-0.05, 0) is 55.3 Å². The summed E-state index contributed by atoms with van der Waals surface area (Å²) in [5, 5.41) is 10.4. The second-order valence-corrected chi connectivity index (χ2v) is 8.39. The van der Waals surface area contributed by atoms with E-state index in [1.54, 1.807) is 49.3 Å². The number of benzene rings is 2. The Bertz CT molecular complexity index is 1110. The van der Waals surface area contributed by atoms with Gasteiger partial charge in [-0.25, -0.2) is 4.79 Å². The van der Waals surface area contributed by atoms with E-state index in [2.05, 4.69) is 15.8 Å². The molecule has 0 spiro atoms. The van der Waals surface area contributed by atoms with Gasteiger partial charge in [-0.2, -0.15) is 0 Å². The Kier molecular flexibility index (Phi) is 6.84. The molecule has 9 heteroatoms. The van der Waals surface area contributed by atoms with Gasteiger partial charge in [-0.3, -0.25) is 4.79 Å². The maximum absolute atomic E-state index is 13.0. The van der Waals surface area contributed by atoms with Crippen molar-refractivity contribution in [2.45, 2.75) is 25.3 Å². The minimum absolute atomic E-state index is 0.113. The van der Waals surface area contributed by atoms with Crippen LogP contribution in [0.4, 0.5) is 10.5 Å². The number of piperidine rings is 1. The van der Waals surface area contributed by atoms with Crippen LogP contribution < -0.4 is 15.4 Å². The number of anilines is 1. The van der Waals surface area contributed by atoms with Crippen LogP contribution in [-0.2, 0) is 0 Å². The number of methoxy groups -OCH3 is 1. The zero-order valence-electron chi connectivity index (χ0n) is 18.4. The number of rotatable bonds is 5. The lowest BCUT2D eigenvalue weighted by atomic mass is 9.85. The summed E-state index contributed by atoms with van der Waals surface area (Å²) in [6.07, 6.45) is 0.591. The zero-order valence-corrected chi connectivity index (χ0v) is 19.1. The van der Waals surface area contributed by atoms with Gasteiger partial charge < -0.3 is 24.8 Å². The van der Waals surface area contributed by atoms with Crippen molar-refractivity contribution in [3.63, 3.8) is 0 Å². The summed E-state index contributed by atoms with van der Waals surface area (Å²) in [5.41, 5.74) is 1.93. The van der Waals surface area contributed by atoms with Crippen molar-refractivity contribution in [2.75, 3.05) is 25.5 Å². The van der Waals surface area contributed by atoms with Gasteiger partial charge in [0.2, 0.25) is 0 Å². The summed E-state index contributed by atoms with van der Waals surface area (Å²) < 4.78 is 10.3. The number of aromatic nitrogens is 1. The van der Waals surface area contributed by atoms with Crippen LogP contribution in [0.1, 0.15) is 34.2 Å². The number of hydrogen-bond donors (Lipinski definition) is 2. The number of nitrogens with zero attached hydrogens (tertiary/aromatic N) is 2. The standard InChI is InChI=1S/C24H25ClN4O4/c1-15-13-22(28-33-15)23(30)29-12-11-21(20(14-29)16-3-9-19(32-2)10-4-16)27-24(31)26-18-7-5-17(25)6-8-18/h3-10,13,20-21H,11-12,14H2,1-2H3,(H2,26,27,31)/t20?,21-/m1/s1. The van der Waals surface area contributed by atoms with Crippen LogP contribution in [0, 0.1) is 6.92 Å². The number of carbonyl (C=O) groups excluding carboxylic acids is 2. The highest BCUT2D eigenvalue weighted by Crippen LogP contribution is 2.30. The van der Waals surface area contributed by atoms with Crippen molar-refractivity contribution in [2.24, 2.45) is 0 Å². The number of nitrogens with one attached hydrogen (secondary N) is 2. The number of urea groups is 1. The van der Waals surface area contributed by atoms with Crippen molar-refractivity contribution < 1.29 is 18.8 Å². The minimum atomic E-state index is -0.312. The van der Waals surface area contributed by atoms with Crippen molar-refractivity contribution in [1.29, 1.82) is 0 Å². The fourth-order valence-electron chi connectivity index (χ4n) is 4.00. The molecule has 1 unspecified atom stereocenters. The highest BCUT2D eigenvalue weighted by Gasteiger charge is 2.34. The van der Waals surface area contributed by atoms with Gasteiger partial charge >= 0.3 is 6.03 Å². The molecule has 4 rings (SSSR count). The van der Waals surface area contributed by atoms with Crippen molar-refractivity contribution >= 4 is 29.2 Å². The summed E-state index contributed by atoms with van der Waals surface area (Å²) >= 11 is 5.92. The fraction of sp³-hybridized carbons (Fsp3) is 0.292. The first-order chi connectivity index (χ1) is 15.9.